The Labute approximate surface area is 93.9 Å². The van der Waals surface area contributed by atoms with Gasteiger partial charge in [0.05, 0.1) is 0 Å². The van der Waals surface area contributed by atoms with E-state index in [0.717, 1.165) is 6.42 Å². The fourth-order valence-corrected chi connectivity index (χ4v) is 2.02. The van der Waals surface area contributed by atoms with Crippen molar-refractivity contribution in [2.75, 3.05) is 6.61 Å². The zero-order chi connectivity index (χ0) is 11.5. The zero-order valence-electron chi connectivity index (χ0n) is 10.5. The van der Waals surface area contributed by atoms with Crippen LogP contribution in [0.3, 0.4) is 0 Å². The molecule has 0 fully saturated rings. The van der Waals surface area contributed by atoms with Gasteiger partial charge in [-0.1, -0.05) is 44.6 Å². The maximum atomic E-state index is 8.93. The Hall–Kier alpha value is -0.560. The Bertz CT molecular complexity index is 261. The highest BCUT2D eigenvalue weighted by molar-refractivity contribution is 5.21. The molecule has 1 nitrogen and oxygen atoms in total. The third-order valence-electron chi connectivity index (χ3n) is 3.84. The molecular formula is C14H24O. The van der Waals surface area contributed by atoms with Gasteiger partial charge in [0, 0.05) is 6.61 Å². The van der Waals surface area contributed by atoms with Gasteiger partial charge >= 0.3 is 0 Å². The second kappa shape index (κ2) is 4.98. The summed E-state index contributed by atoms with van der Waals surface area (Å²) in [6, 6.07) is 0. The lowest BCUT2D eigenvalue weighted by Crippen LogP contribution is -2.18. The molecule has 1 aliphatic rings. The topological polar surface area (TPSA) is 20.2 Å². The molecule has 2 atom stereocenters. The number of aliphatic hydroxyl groups is 1. The molecule has 0 spiro atoms. The molecule has 1 rings (SSSR count). The van der Waals surface area contributed by atoms with Gasteiger partial charge in [0.15, 0.2) is 0 Å². The van der Waals surface area contributed by atoms with Crippen LogP contribution in [0.15, 0.2) is 23.8 Å². The predicted octanol–water partition coefficient (Wildman–Crippen LogP) is 3.55. The zero-order valence-corrected chi connectivity index (χ0v) is 10.5. The van der Waals surface area contributed by atoms with Gasteiger partial charge in [-0.3, -0.25) is 0 Å². The van der Waals surface area contributed by atoms with E-state index in [0.29, 0.717) is 17.3 Å². The third kappa shape index (κ3) is 2.94. The van der Waals surface area contributed by atoms with Gasteiger partial charge in [0.25, 0.3) is 0 Å². The lowest BCUT2D eigenvalue weighted by Gasteiger charge is -2.27. The molecule has 0 aliphatic heterocycles. The van der Waals surface area contributed by atoms with Crippen LogP contribution in [0.2, 0.25) is 0 Å². The fourth-order valence-electron chi connectivity index (χ4n) is 2.02. The van der Waals surface area contributed by atoms with Gasteiger partial charge < -0.3 is 5.11 Å². The van der Waals surface area contributed by atoms with Crippen LogP contribution >= 0.6 is 0 Å². The summed E-state index contributed by atoms with van der Waals surface area (Å²) >= 11 is 0. The minimum atomic E-state index is 0.287. The van der Waals surface area contributed by atoms with E-state index in [2.05, 4.69) is 45.9 Å². The van der Waals surface area contributed by atoms with E-state index in [9.17, 15) is 0 Å². The molecule has 15 heavy (non-hydrogen) atoms. The largest absolute Gasteiger partial charge is 0.396 e. The van der Waals surface area contributed by atoms with Crippen molar-refractivity contribution in [2.24, 2.45) is 17.3 Å². The van der Waals surface area contributed by atoms with Crippen molar-refractivity contribution in [3.63, 3.8) is 0 Å². The molecule has 1 N–H and O–H groups in total. The fraction of sp³-hybridized carbons (Fsp3) is 0.714. The maximum Gasteiger partial charge on any atom is 0.0459 e. The van der Waals surface area contributed by atoms with Crippen LogP contribution in [0, 0.1) is 17.3 Å². The van der Waals surface area contributed by atoms with E-state index in [1.54, 1.807) is 0 Å². The summed E-state index contributed by atoms with van der Waals surface area (Å²) in [7, 11) is 0. The van der Waals surface area contributed by atoms with Crippen LogP contribution in [0.25, 0.3) is 0 Å². The van der Waals surface area contributed by atoms with Crippen molar-refractivity contribution >= 4 is 0 Å². The van der Waals surface area contributed by atoms with E-state index in [-0.39, 0.29) is 6.61 Å². The summed E-state index contributed by atoms with van der Waals surface area (Å²) < 4.78 is 0. The average molecular weight is 208 g/mol. The van der Waals surface area contributed by atoms with E-state index < -0.39 is 0 Å². The molecule has 0 aromatic heterocycles. The second-order valence-electron chi connectivity index (χ2n) is 5.40. The molecular weight excluding hydrogens is 184 g/mol. The van der Waals surface area contributed by atoms with E-state index in [1.165, 1.54) is 12.0 Å². The van der Waals surface area contributed by atoms with E-state index in [4.69, 9.17) is 5.11 Å². The molecule has 0 saturated heterocycles. The summed E-state index contributed by atoms with van der Waals surface area (Å²) in [5.41, 5.74) is 1.83. The smallest absolute Gasteiger partial charge is 0.0459 e. The molecule has 1 aliphatic carbocycles. The molecule has 0 amide bonds. The lowest BCUT2D eigenvalue weighted by atomic mass is 9.77. The molecule has 0 heterocycles. The first-order valence-corrected chi connectivity index (χ1v) is 5.93. The first-order chi connectivity index (χ1) is 6.98. The quantitative estimate of drug-likeness (QED) is 0.700. The van der Waals surface area contributed by atoms with Gasteiger partial charge in [0.1, 0.15) is 0 Å². The van der Waals surface area contributed by atoms with Crippen LogP contribution in [-0.2, 0) is 0 Å². The van der Waals surface area contributed by atoms with Crippen molar-refractivity contribution < 1.29 is 5.11 Å². The highest BCUT2D eigenvalue weighted by atomic mass is 16.3. The molecule has 2 unspecified atom stereocenters. The van der Waals surface area contributed by atoms with Gasteiger partial charge in [0.2, 0.25) is 0 Å². The first kappa shape index (κ1) is 12.5. The molecule has 0 radical (unpaired) electrons. The third-order valence-corrected chi connectivity index (χ3v) is 3.84. The van der Waals surface area contributed by atoms with E-state index in [1.807, 2.05) is 0 Å². The molecule has 1 heteroatoms. The number of rotatable bonds is 4. The van der Waals surface area contributed by atoms with Gasteiger partial charge in [-0.05, 0) is 37.0 Å². The number of aliphatic hydroxyl groups excluding tert-OH is 1. The highest BCUT2D eigenvalue weighted by Gasteiger charge is 2.32. The monoisotopic (exact) mass is 208 g/mol. The molecule has 0 bridgehead atoms. The number of allylic oxidation sites excluding steroid dienone is 4. The van der Waals surface area contributed by atoms with Crippen LogP contribution in [-0.4, -0.2) is 11.7 Å². The SMILES string of the molecule is CC1=CCC(C=CCC(C)CO)C1(C)C. The summed E-state index contributed by atoms with van der Waals surface area (Å²) in [4.78, 5) is 0. The Balaban J connectivity index is 2.48. The number of hydrogen-bond donors (Lipinski definition) is 1. The second-order valence-corrected chi connectivity index (χ2v) is 5.40. The van der Waals surface area contributed by atoms with Crippen molar-refractivity contribution in [2.45, 2.75) is 40.5 Å². The van der Waals surface area contributed by atoms with Gasteiger partial charge in [-0.2, -0.15) is 0 Å². The molecule has 86 valence electrons. The molecule has 0 saturated carbocycles. The minimum Gasteiger partial charge on any atom is -0.396 e. The lowest BCUT2D eigenvalue weighted by molar-refractivity contribution is 0.238. The average Bonchev–Trinajstić information content (AvgIpc) is 2.44. The standard InChI is InChI=1S/C14H24O/c1-11(10-15)6-5-7-13-9-8-12(2)14(13,3)4/h5,7-8,11,13,15H,6,9-10H2,1-4H3. The Kier molecular flexibility index (Phi) is 4.15. The Morgan fingerprint density at radius 1 is 1.60 bits per heavy atom. The predicted molar refractivity (Wildman–Crippen MR) is 65.7 cm³/mol. The minimum absolute atomic E-state index is 0.287. The van der Waals surface area contributed by atoms with Gasteiger partial charge in [-0.25, -0.2) is 0 Å². The van der Waals surface area contributed by atoms with Crippen LogP contribution in [0.4, 0.5) is 0 Å². The van der Waals surface area contributed by atoms with Crippen molar-refractivity contribution in [1.29, 1.82) is 0 Å². The summed E-state index contributed by atoms with van der Waals surface area (Å²) in [5.74, 6) is 1.03. The molecule has 0 aromatic rings. The maximum absolute atomic E-state index is 8.93. The Morgan fingerprint density at radius 3 is 2.73 bits per heavy atom. The molecule has 0 aromatic carbocycles. The van der Waals surface area contributed by atoms with Crippen LogP contribution in [0.1, 0.15) is 40.5 Å². The highest BCUT2D eigenvalue weighted by Crippen LogP contribution is 2.43. The summed E-state index contributed by atoms with van der Waals surface area (Å²) in [5, 5.41) is 8.93. The van der Waals surface area contributed by atoms with Crippen LogP contribution in [0.5, 0.6) is 0 Å². The number of hydrogen-bond acceptors (Lipinski definition) is 1. The Morgan fingerprint density at radius 2 is 2.27 bits per heavy atom. The summed E-state index contributed by atoms with van der Waals surface area (Å²) in [6.45, 7) is 9.22. The summed E-state index contributed by atoms with van der Waals surface area (Å²) in [6.07, 6.45) is 9.08. The van der Waals surface area contributed by atoms with Crippen LogP contribution < -0.4 is 0 Å². The van der Waals surface area contributed by atoms with Crippen molar-refractivity contribution in [3.8, 4) is 0 Å². The van der Waals surface area contributed by atoms with Crippen molar-refractivity contribution in [1.82, 2.24) is 0 Å². The van der Waals surface area contributed by atoms with Gasteiger partial charge in [-0.15, -0.1) is 0 Å². The first-order valence-electron chi connectivity index (χ1n) is 5.93. The van der Waals surface area contributed by atoms with Crippen molar-refractivity contribution in [3.05, 3.63) is 23.8 Å². The van der Waals surface area contributed by atoms with E-state index >= 15 is 0 Å². The normalized spacial score (nSPS) is 27.0.